The van der Waals surface area contributed by atoms with Crippen LogP contribution < -0.4 is 0 Å². The van der Waals surface area contributed by atoms with Gasteiger partial charge in [-0.3, -0.25) is 19.2 Å². The highest BCUT2D eigenvalue weighted by atomic mass is 16.7. The summed E-state index contributed by atoms with van der Waals surface area (Å²) in [5.74, 6) is 0.539. The fourth-order valence-corrected chi connectivity index (χ4v) is 14.2. The third-order valence-electron chi connectivity index (χ3n) is 16.7. The van der Waals surface area contributed by atoms with Gasteiger partial charge in [-0.15, -0.1) is 0 Å². The van der Waals surface area contributed by atoms with Crippen LogP contribution in [-0.4, -0.2) is 67.3 Å². The molecule has 1 saturated heterocycles. The molecule has 10 heteroatoms. The van der Waals surface area contributed by atoms with Gasteiger partial charge in [-0.05, 0) is 128 Å². The van der Waals surface area contributed by atoms with Crippen molar-refractivity contribution in [2.24, 2.45) is 56.7 Å². The smallest absolute Gasteiger partial charge is 0.303 e. The first-order chi connectivity index (χ1) is 25.1. The number of hydrogen-bond acceptors (Lipinski definition) is 10. The molecule has 15 atom stereocenters. The van der Waals surface area contributed by atoms with E-state index in [-0.39, 0.29) is 34.4 Å². The van der Waals surface area contributed by atoms with E-state index in [2.05, 4.69) is 55.0 Å². The first-order valence-electron chi connectivity index (χ1n) is 20.7. The predicted molar refractivity (Wildman–Crippen MR) is 201 cm³/mol. The Kier molecular flexibility index (Phi) is 11.0. The van der Waals surface area contributed by atoms with Crippen LogP contribution in [0.15, 0.2) is 12.2 Å². The van der Waals surface area contributed by atoms with Crippen molar-refractivity contribution in [3.8, 4) is 0 Å². The van der Waals surface area contributed by atoms with Gasteiger partial charge >= 0.3 is 23.9 Å². The molecule has 5 saturated carbocycles. The monoisotopic (exact) mass is 756 g/mol. The second-order valence-electron chi connectivity index (χ2n) is 19.9. The molecule has 0 radical (unpaired) electrons. The largest absolute Gasteiger partial charge is 0.463 e. The van der Waals surface area contributed by atoms with Crippen molar-refractivity contribution in [1.29, 1.82) is 0 Å². The average Bonchev–Trinajstić information content (AvgIpc) is 3.41. The lowest BCUT2D eigenvalue weighted by molar-refractivity contribution is -0.334. The lowest BCUT2D eigenvalue weighted by Gasteiger charge is -2.73. The Balaban J connectivity index is 1.28. The zero-order chi connectivity index (χ0) is 39.8. The van der Waals surface area contributed by atoms with Crippen molar-refractivity contribution < 1.29 is 47.6 Å². The molecule has 1 aliphatic heterocycles. The van der Waals surface area contributed by atoms with E-state index in [4.69, 9.17) is 28.4 Å². The molecule has 6 fully saturated rings. The molecule has 6 rings (SSSR count). The van der Waals surface area contributed by atoms with Crippen molar-refractivity contribution in [3.63, 3.8) is 0 Å². The first-order valence-corrected chi connectivity index (χ1v) is 20.7. The van der Waals surface area contributed by atoms with Crippen LogP contribution in [0.25, 0.3) is 0 Å². The molecule has 0 aromatic rings. The summed E-state index contributed by atoms with van der Waals surface area (Å²) < 4.78 is 35.7. The van der Waals surface area contributed by atoms with Crippen LogP contribution in [0.4, 0.5) is 0 Å². The molecule has 0 aromatic heterocycles. The van der Waals surface area contributed by atoms with E-state index in [1.54, 1.807) is 0 Å². The highest BCUT2D eigenvalue weighted by Gasteiger charge is 2.70. The summed E-state index contributed by atoms with van der Waals surface area (Å²) in [6.45, 7) is 26.6. The number of ether oxygens (including phenoxy) is 6. The van der Waals surface area contributed by atoms with Crippen LogP contribution in [0.5, 0.6) is 0 Å². The number of allylic oxidation sites excluding steroid dienone is 1. The van der Waals surface area contributed by atoms with E-state index in [0.717, 1.165) is 31.1 Å². The van der Waals surface area contributed by atoms with Crippen LogP contribution in [0.1, 0.15) is 140 Å². The Bertz CT molecular complexity index is 1510. The van der Waals surface area contributed by atoms with Crippen LogP contribution >= 0.6 is 0 Å². The normalized spacial score (nSPS) is 46.4. The van der Waals surface area contributed by atoms with Gasteiger partial charge in [-0.25, -0.2) is 0 Å². The summed E-state index contributed by atoms with van der Waals surface area (Å²) in [5.41, 5.74) is 2.13. The molecular formula is C44H68O10. The molecule has 5 aliphatic carbocycles. The second-order valence-corrected chi connectivity index (χ2v) is 19.9. The van der Waals surface area contributed by atoms with Crippen LogP contribution in [-0.2, 0) is 47.6 Å². The molecule has 304 valence electrons. The van der Waals surface area contributed by atoms with E-state index < -0.39 is 54.6 Å². The zero-order valence-corrected chi connectivity index (χ0v) is 34.9. The van der Waals surface area contributed by atoms with Gasteiger partial charge in [0, 0.05) is 27.7 Å². The summed E-state index contributed by atoms with van der Waals surface area (Å²) in [6.07, 6.45) is 5.65. The molecule has 0 amide bonds. The minimum atomic E-state index is -1.25. The summed E-state index contributed by atoms with van der Waals surface area (Å²) in [7, 11) is 0. The summed E-state index contributed by atoms with van der Waals surface area (Å²) in [4.78, 5) is 49.1. The van der Waals surface area contributed by atoms with Crippen molar-refractivity contribution >= 4 is 23.9 Å². The molecular weight excluding hydrogens is 688 g/mol. The molecule has 54 heavy (non-hydrogen) atoms. The van der Waals surface area contributed by atoms with Crippen LogP contribution in [0, 0.1) is 56.7 Å². The molecule has 0 unspecified atom stereocenters. The molecule has 1 heterocycles. The molecule has 10 nitrogen and oxygen atoms in total. The maximum Gasteiger partial charge on any atom is 0.303 e. The van der Waals surface area contributed by atoms with Gasteiger partial charge in [0.1, 0.15) is 12.7 Å². The fraction of sp³-hybridized carbons (Fsp3) is 0.864. The minimum Gasteiger partial charge on any atom is -0.463 e. The Morgan fingerprint density at radius 1 is 0.648 bits per heavy atom. The van der Waals surface area contributed by atoms with E-state index in [1.807, 2.05) is 0 Å². The van der Waals surface area contributed by atoms with E-state index >= 15 is 0 Å². The van der Waals surface area contributed by atoms with Gasteiger partial charge in [0.15, 0.2) is 24.6 Å². The second kappa shape index (κ2) is 14.5. The maximum atomic E-state index is 12.5. The highest BCUT2D eigenvalue weighted by Crippen LogP contribution is 2.77. The third kappa shape index (κ3) is 6.75. The van der Waals surface area contributed by atoms with E-state index in [1.165, 1.54) is 78.2 Å². The Morgan fingerprint density at radius 3 is 1.89 bits per heavy atom. The average molecular weight is 757 g/mol. The molecule has 0 spiro atoms. The van der Waals surface area contributed by atoms with Crippen molar-refractivity contribution in [2.45, 2.75) is 177 Å². The van der Waals surface area contributed by atoms with Crippen LogP contribution in [0.2, 0.25) is 0 Å². The Hall–Kier alpha value is -2.46. The van der Waals surface area contributed by atoms with E-state index in [9.17, 15) is 19.2 Å². The fourth-order valence-electron chi connectivity index (χ4n) is 14.2. The Morgan fingerprint density at radius 2 is 1.28 bits per heavy atom. The number of carbonyl (C=O) groups is 4. The highest BCUT2D eigenvalue weighted by molar-refractivity contribution is 5.68. The first kappa shape index (κ1) is 41.2. The quantitative estimate of drug-likeness (QED) is 0.104. The van der Waals surface area contributed by atoms with Gasteiger partial charge in [-0.1, -0.05) is 53.7 Å². The number of carbonyl (C=O) groups excluding carboxylic acids is 4. The molecule has 0 aromatic carbocycles. The lowest BCUT2D eigenvalue weighted by atomic mass is 9.32. The zero-order valence-electron chi connectivity index (χ0n) is 34.9. The SMILES string of the molecule is C=C(C)[C@@H]1CC[C@]2(C)CC[C@]3(C)[C@H](CC[C@@H]4[C@@]5(C)CC[C@H](O[C@@H]6O[C@H](COC(C)=O)[C@H](OC(C)=O)[C@H](OC(C)=O)[C@H]6OC(C)=O)C(C)(C)[C@@H]5CC[C@]43C)[C@@H]12. The number of rotatable bonds is 8. The lowest BCUT2D eigenvalue weighted by Crippen LogP contribution is -2.67. The van der Waals surface area contributed by atoms with Gasteiger partial charge in [0.2, 0.25) is 0 Å². The maximum absolute atomic E-state index is 12.5. The summed E-state index contributed by atoms with van der Waals surface area (Å²) in [5, 5.41) is 0. The van der Waals surface area contributed by atoms with Gasteiger partial charge < -0.3 is 28.4 Å². The van der Waals surface area contributed by atoms with Gasteiger partial charge in [-0.2, -0.15) is 0 Å². The summed E-state index contributed by atoms with van der Waals surface area (Å²) >= 11 is 0. The standard InChI is InChI=1S/C44H68O10/c1-24(2)29-15-18-41(9)21-22-43(11)30(35(29)41)13-14-33-42(10)19-17-34(40(7,8)32(42)16-20-44(33,43)12)54-39-38(52-28(6)48)37(51-27(5)47)36(50-26(4)46)31(53-39)23-49-25(3)45/h29-39H,1,13-23H2,2-12H3/t29-,30+,31+,32-,33+,34-,35+,36-,37-,38+,39-,41+,42-,43+,44+/m0/s1. The Labute approximate surface area is 323 Å². The van der Waals surface area contributed by atoms with Crippen LogP contribution in [0.3, 0.4) is 0 Å². The third-order valence-corrected chi connectivity index (χ3v) is 16.7. The predicted octanol–water partition coefficient (Wildman–Crippen LogP) is 8.13. The number of fused-ring (bicyclic) bond motifs is 7. The van der Waals surface area contributed by atoms with Crippen molar-refractivity contribution in [1.82, 2.24) is 0 Å². The van der Waals surface area contributed by atoms with Crippen molar-refractivity contribution in [3.05, 3.63) is 12.2 Å². The summed E-state index contributed by atoms with van der Waals surface area (Å²) in [6, 6.07) is 0. The molecule has 0 N–H and O–H groups in total. The van der Waals surface area contributed by atoms with Gasteiger partial charge in [0.25, 0.3) is 0 Å². The van der Waals surface area contributed by atoms with E-state index in [0.29, 0.717) is 23.2 Å². The minimum absolute atomic E-state index is 0.107. The molecule has 0 bridgehead atoms. The number of esters is 4. The number of hydrogen-bond donors (Lipinski definition) is 0. The topological polar surface area (TPSA) is 124 Å². The van der Waals surface area contributed by atoms with Gasteiger partial charge in [0.05, 0.1) is 6.10 Å². The molecule has 6 aliphatic rings. The van der Waals surface area contributed by atoms with Crippen molar-refractivity contribution in [2.75, 3.05) is 6.61 Å².